The smallest absolute Gasteiger partial charge is 0.480 e. The number of nitrogens with zero attached hydrogens (tertiary/aromatic N) is 5. The van der Waals surface area contributed by atoms with E-state index >= 15 is 0 Å². The van der Waals surface area contributed by atoms with Crippen LogP contribution in [0.5, 0.6) is 17.6 Å². The minimum Gasteiger partial charge on any atom is -0.480 e. The summed E-state index contributed by atoms with van der Waals surface area (Å²) >= 11 is 0. The molecular formula is C22H20F3N5O3. The molecule has 8 nitrogen and oxygen atoms in total. The molecule has 1 fully saturated rings. The van der Waals surface area contributed by atoms with Crippen molar-refractivity contribution in [3.05, 3.63) is 60.6 Å². The molecule has 0 radical (unpaired) electrons. The van der Waals surface area contributed by atoms with Gasteiger partial charge in [0.15, 0.2) is 5.65 Å². The molecule has 33 heavy (non-hydrogen) atoms. The van der Waals surface area contributed by atoms with E-state index in [-0.39, 0.29) is 11.8 Å². The summed E-state index contributed by atoms with van der Waals surface area (Å²) in [6.45, 7) is 0. The zero-order valence-corrected chi connectivity index (χ0v) is 17.8. The molecule has 4 aromatic rings. The molecule has 0 unspecified atom stereocenters. The Morgan fingerprint density at radius 3 is 2.42 bits per heavy atom. The summed E-state index contributed by atoms with van der Waals surface area (Å²) in [6.07, 6.45) is 3.08. The van der Waals surface area contributed by atoms with Gasteiger partial charge in [0.1, 0.15) is 5.75 Å². The number of para-hydroxylation sites is 1. The normalized spacial score (nSPS) is 13.2. The second-order valence-corrected chi connectivity index (χ2v) is 7.10. The second kappa shape index (κ2) is 9.31. The molecule has 1 aliphatic carbocycles. The SMILES string of the molecule is COc1ncc(-c2cc(C3CC3)c3nccn3n2)c(OC)n1.FC(F)(F)Oc1ccccc1. The average molecular weight is 459 g/mol. The molecule has 0 saturated heterocycles. The third-order valence-corrected chi connectivity index (χ3v) is 4.77. The van der Waals surface area contributed by atoms with Crippen LogP contribution >= 0.6 is 0 Å². The molecule has 3 aromatic heterocycles. The predicted octanol–water partition coefficient (Wildman–Crippen LogP) is 4.67. The monoisotopic (exact) mass is 459 g/mol. The summed E-state index contributed by atoms with van der Waals surface area (Å²) in [5.74, 6) is 0.817. The van der Waals surface area contributed by atoms with Crippen molar-refractivity contribution in [2.45, 2.75) is 25.1 Å². The van der Waals surface area contributed by atoms with Crippen molar-refractivity contribution in [3.63, 3.8) is 0 Å². The van der Waals surface area contributed by atoms with E-state index in [0.29, 0.717) is 11.8 Å². The minimum atomic E-state index is -4.60. The highest BCUT2D eigenvalue weighted by atomic mass is 19.4. The topological polar surface area (TPSA) is 83.7 Å². The predicted molar refractivity (Wildman–Crippen MR) is 112 cm³/mol. The van der Waals surface area contributed by atoms with Gasteiger partial charge in [0, 0.05) is 24.2 Å². The van der Waals surface area contributed by atoms with Gasteiger partial charge in [-0.15, -0.1) is 13.2 Å². The van der Waals surface area contributed by atoms with Crippen LogP contribution in [0.4, 0.5) is 13.2 Å². The van der Waals surface area contributed by atoms with E-state index in [1.165, 1.54) is 49.8 Å². The van der Waals surface area contributed by atoms with Gasteiger partial charge in [0.2, 0.25) is 5.88 Å². The van der Waals surface area contributed by atoms with Crippen molar-refractivity contribution in [2.75, 3.05) is 14.2 Å². The summed E-state index contributed by atoms with van der Waals surface area (Å²) in [5.41, 5.74) is 3.64. The van der Waals surface area contributed by atoms with Gasteiger partial charge >= 0.3 is 12.4 Å². The van der Waals surface area contributed by atoms with Crippen LogP contribution in [-0.4, -0.2) is 45.1 Å². The number of aromatic nitrogens is 5. The lowest BCUT2D eigenvalue weighted by molar-refractivity contribution is -0.274. The van der Waals surface area contributed by atoms with Gasteiger partial charge < -0.3 is 14.2 Å². The van der Waals surface area contributed by atoms with Crippen LogP contribution in [-0.2, 0) is 0 Å². The third-order valence-electron chi connectivity index (χ3n) is 4.77. The minimum absolute atomic E-state index is 0.194. The second-order valence-electron chi connectivity index (χ2n) is 7.10. The molecule has 0 spiro atoms. The summed E-state index contributed by atoms with van der Waals surface area (Å²) in [5, 5.41) is 4.59. The Kier molecular flexibility index (Phi) is 6.29. The molecule has 3 heterocycles. The summed E-state index contributed by atoms with van der Waals surface area (Å²) in [7, 11) is 3.10. The van der Waals surface area contributed by atoms with Gasteiger partial charge in [0.25, 0.3) is 0 Å². The fourth-order valence-electron chi connectivity index (χ4n) is 3.17. The van der Waals surface area contributed by atoms with E-state index in [2.05, 4.69) is 30.9 Å². The number of hydrogen-bond donors (Lipinski definition) is 0. The lowest BCUT2D eigenvalue weighted by atomic mass is 10.1. The van der Waals surface area contributed by atoms with Crippen molar-refractivity contribution in [1.82, 2.24) is 24.6 Å². The number of benzene rings is 1. The first-order chi connectivity index (χ1) is 15.9. The number of ether oxygens (including phenoxy) is 3. The Balaban J connectivity index is 0.000000200. The van der Waals surface area contributed by atoms with Crippen molar-refractivity contribution in [1.29, 1.82) is 0 Å². The zero-order valence-electron chi connectivity index (χ0n) is 17.8. The highest BCUT2D eigenvalue weighted by Crippen LogP contribution is 2.43. The number of imidazole rings is 1. The lowest BCUT2D eigenvalue weighted by Gasteiger charge is -2.10. The Morgan fingerprint density at radius 2 is 1.79 bits per heavy atom. The van der Waals surface area contributed by atoms with Crippen molar-refractivity contribution >= 4 is 5.65 Å². The molecule has 0 bridgehead atoms. The highest BCUT2D eigenvalue weighted by Gasteiger charge is 2.31. The van der Waals surface area contributed by atoms with Crippen LogP contribution in [0.25, 0.3) is 16.9 Å². The average Bonchev–Trinajstić information content (AvgIpc) is 3.54. The van der Waals surface area contributed by atoms with E-state index in [9.17, 15) is 13.2 Å². The standard InChI is InChI=1S/C15H15N5O2.C7H5F3O/c1-21-14-11(8-17-15(18-14)22-2)12-7-10(9-3-4-9)13-16-5-6-20(13)19-12;8-7(9,10)11-6-4-2-1-3-5-6/h5-9H,3-4H2,1-2H3;1-5H. The van der Waals surface area contributed by atoms with E-state index in [0.717, 1.165) is 16.9 Å². The molecule has 0 N–H and O–H groups in total. The fraction of sp³-hybridized carbons (Fsp3) is 0.273. The summed E-state index contributed by atoms with van der Waals surface area (Å²) in [6, 6.07) is 9.38. The van der Waals surface area contributed by atoms with Gasteiger partial charge in [-0.05, 0) is 37.0 Å². The van der Waals surface area contributed by atoms with Gasteiger partial charge in [-0.2, -0.15) is 10.1 Å². The van der Waals surface area contributed by atoms with E-state index < -0.39 is 6.36 Å². The molecule has 1 saturated carbocycles. The largest absolute Gasteiger partial charge is 0.573 e. The Hall–Kier alpha value is -3.89. The van der Waals surface area contributed by atoms with E-state index in [4.69, 9.17) is 9.47 Å². The van der Waals surface area contributed by atoms with Crippen LogP contribution in [0.15, 0.2) is 55.0 Å². The molecule has 5 rings (SSSR count). The van der Waals surface area contributed by atoms with Crippen LogP contribution in [0.1, 0.15) is 24.3 Å². The van der Waals surface area contributed by atoms with Gasteiger partial charge in [-0.1, -0.05) is 18.2 Å². The third kappa shape index (κ3) is 5.48. The maximum Gasteiger partial charge on any atom is 0.573 e. The zero-order chi connectivity index (χ0) is 23.4. The molecule has 1 aliphatic rings. The first-order valence-electron chi connectivity index (χ1n) is 9.98. The fourth-order valence-corrected chi connectivity index (χ4v) is 3.17. The Labute approximate surface area is 187 Å². The molecule has 1 aromatic carbocycles. The van der Waals surface area contributed by atoms with E-state index in [1.54, 1.807) is 30.1 Å². The van der Waals surface area contributed by atoms with Crippen molar-refractivity contribution in [2.24, 2.45) is 0 Å². The lowest BCUT2D eigenvalue weighted by Crippen LogP contribution is -2.16. The number of methoxy groups -OCH3 is 2. The Bertz CT molecular complexity index is 1230. The van der Waals surface area contributed by atoms with Crippen LogP contribution < -0.4 is 14.2 Å². The van der Waals surface area contributed by atoms with Crippen LogP contribution in [0.3, 0.4) is 0 Å². The molecule has 11 heteroatoms. The molecule has 0 atom stereocenters. The summed E-state index contributed by atoms with van der Waals surface area (Å²) < 4.78 is 50.4. The highest BCUT2D eigenvalue weighted by molar-refractivity contribution is 5.67. The quantitative estimate of drug-likeness (QED) is 0.429. The molecule has 0 aliphatic heterocycles. The van der Waals surface area contributed by atoms with E-state index in [1.807, 2.05) is 6.20 Å². The molecule has 0 amide bonds. The number of fused-ring (bicyclic) bond motifs is 1. The maximum atomic E-state index is 11.5. The first-order valence-corrected chi connectivity index (χ1v) is 9.98. The number of rotatable bonds is 5. The maximum absolute atomic E-state index is 11.5. The number of halogens is 3. The van der Waals surface area contributed by atoms with Crippen LogP contribution in [0.2, 0.25) is 0 Å². The summed E-state index contributed by atoms with van der Waals surface area (Å²) in [4.78, 5) is 12.8. The van der Waals surface area contributed by atoms with Gasteiger partial charge in [-0.25, -0.2) is 14.5 Å². The van der Waals surface area contributed by atoms with Crippen molar-refractivity contribution < 1.29 is 27.4 Å². The number of hydrogen-bond acceptors (Lipinski definition) is 7. The number of alkyl halides is 3. The first kappa shape index (κ1) is 22.3. The molecule has 172 valence electrons. The van der Waals surface area contributed by atoms with Gasteiger partial charge in [-0.3, -0.25) is 0 Å². The molecular weight excluding hydrogens is 439 g/mol. The Morgan fingerprint density at radius 1 is 1.03 bits per heavy atom. The van der Waals surface area contributed by atoms with Crippen molar-refractivity contribution in [3.8, 4) is 28.9 Å². The van der Waals surface area contributed by atoms with Gasteiger partial charge in [0.05, 0.1) is 25.5 Å². The van der Waals surface area contributed by atoms with Crippen LogP contribution in [0, 0.1) is 0 Å².